The van der Waals surface area contributed by atoms with Crippen LogP contribution in [0.2, 0.25) is 0 Å². The third-order valence-electron chi connectivity index (χ3n) is 4.54. The number of nitrogens with two attached hydrogens (primary N) is 1. The highest BCUT2D eigenvalue weighted by atomic mass is 16.3. The number of aliphatic hydroxyl groups excluding tert-OH is 1. The molecule has 0 radical (unpaired) electrons. The van der Waals surface area contributed by atoms with E-state index in [0.717, 1.165) is 32.4 Å². The Morgan fingerprint density at radius 3 is 2.89 bits per heavy atom. The van der Waals surface area contributed by atoms with E-state index in [2.05, 4.69) is 22.1 Å². The lowest BCUT2D eigenvalue weighted by Crippen LogP contribution is -2.43. The standard InChI is InChI=1S/C14H28N4O/c1-2-18-8-4-6-12(18)10-17-14(15)16-9-11-5-3-7-13(11)19/h11-13,19H,2-10H2,1H3,(H3,15,16,17). The predicted molar refractivity (Wildman–Crippen MR) is 78.1 cm³/mol. The molecule has 1 aliphatic heterocycles. The quantitative estimate of drug-likeness (QED) is 0.502. The molecule has 1 aliphatic carbocycles. The van der Waals surface area contributed by atoms with Gasteiger partial charge >= 0.3 is 0 Å². The van der Waals surface area contributed by atoms with E-state index in [4.69, 9.17) is 5.73 Å². The molecule has 19 heavy (non-hydrogen) atoms. The van der Waals surface area contributed by atoms with Gasteiger partial charge in [0.15, 0.2) is 5.96 Å². The van der Waals surface area contributed by atoms with E-state index < -0.39 is 0 Å². The summed E-state index contributed by atoms with van der Waals surface area (Å²) in [5.74, 6) is 0.834. The molecule has 3 unspecified atom stereocenters. The molecule has 3 atom stereocenters. The smallest absolute Gasteiger partial charge is 0.188 e. The highest BCUT2D eigenvalue weighted by molar-refractivity contribution is 5.77. The molecule has 1 heterocycles. The van der Waals surface area contributed by atoms with Crippen LogP contribution in [0.1, 0.15) is 39.0 Å². The molecule has 1 saturated carbocycles. The van der Waals surface area contributed by atoms with Crippen LogP contribution in [0, 0.1) is 5.92 Å². The van der Waals surface area contributed by atoms with Crippen molar-refractivity contribution in [3.05, 3.63) is 0 Å². The molecule has 0 spiro atoms. The maximum absolute atomic E-state index is 9.73. The van der Waals surface area contributed by atoms with Crippen LogP contribution in [0.4, 0.5) is 0 Å². The second-order valence-corrected chi connectivity index (χ2v) is 5.79. The first-order valence-corrected chi connectivity index (χ1v) is 7.66. The van der Waals surface area contributed by atoms with Gasteiger partial charge in [-0.15, -0.1) is 0 Å². The summed E-state index contributed by atoms with van der Waals surface area (Å²) in [6.07, 6.45) is 5.45. The minimum absolute atomic E-state index is 0.179. The molecule has 0 aromatic heterocycles. The molecule has 5 heteroatoms. The lowest BCUT2D eigenvalue weighted by molar-refractivity contribution is 0.136. The van der Waals surface area contributed by atoms with Crippen molar-refractivity contribution in [1.82, 2.24) is 10.2 Å². The third-order valence-corrected chi connectivity index (χ3v) is 4.54. The number of hydrogen-bond acceptors (Lipinski definition) is 3. The molecule has 0 aromatic rings. The van der Waals surface area contributed by atoms with Crippen molar-refractivity contribution in [1.29, 1.82) is 0 Å². The van der Waals surface area contributed by atoms with E-state index in [9.17, 15) is 5.11 Å². The molecule has 5 nitrogen and oxygen atoms in total. The van der Waals surface area contributed by atoms with E-state index in [1.54, 1.807) is 0 Å². The van der Waals surface area contributed by atoms with Gasteiger partial charge in [-0.05, 0) is 38.8 Å². The summed E-state index contributed by atoms with van der Waals surface area (Å²) in [5.41, 5.74) is 5.90. The van der Waals surface area contributed by atoms with Crippen LogP contribution in [0.25, 0.3) is 0 Å². The zero-order chi connectivity index (χ0) is 13.7. The first kappa shape index (κ1) is 14.6. The summed E-state index contributed by atoms with van der Waals surface area (Å²) in [7, 11) is 0. The predicted octanol–water partition coefficient (Wildman–Crippen LogP) is 0.536. The Morgan fingerprint density at radius 1 is 1.37 bits per heavy atom. The van der Waals surface area contributed by atoms with E-state index in [1.165, 1.54) is 19.4 Å². The average molecular weight is 268 g/mol. The average Bonchev–Trinajstić information content (AvgIpc) is 3.02. The van der Waals surface area contributed by atoms with Crippen LogP contribution in [0.5, 0.6) is 0 Å². The number of aliphatic imine (C=N–C) groups is 1. The molecular formula is C14H28N4O. The number of hydrogen-bond donors (Lipinski definition) is 3. The van der Waals surface area contributed by atoms with Crippen molar-refractivity contribution in [2.75, 3.05) is 26.2 Å². The van der Waals surface area contributed by atoms with Crippen LogP contribution >= 0.6 is 0 Å². The van der Waals surface area contributed by atoms with Gasteiger partial charge in [0.25, 0.3) is 0 Å². The number of nitrogens with one attached hydrogen (secondary N) is 1. The molecule has 0 amide bonds. The number of likely N-dealkylation sites (tertiary alicyclic amines) is 1. The minimum Gasteiger partial charge on any atom is -0.393 e. The normalized spacial score (nSPS) is 32.9. The van der Waals surface area contributed by atoms with Gasteiger partial charge in [0.05, 0.1) is 6.10 Å². The van der Waals surface area contributed by atoms with Gasteiger partial charge < -0.3 is 16.2 Å². The minimum atomic E-state index is -0.179. The molecule has 1 saturated heterocycles. The Kier molecular flexibility index (Phi) is 5.45. The second kappa shape index (κ2) is 7.10. The van der Waals surface area contributed by atoms with Gasteiger partial charge in [-0.25, -0.2) is 0 Å². The first-order valence-electron chi connectivity index (χ1n) is 7.66. The third kappa shape index (κ3) is 4.08. The largest absolute Gasteiger partial charge is 0.393 e. The maximum Gasteiger partial charge on any atom is 0.188 e. The number of aliphatic hydroxyl groups is 1. The van der Waals surface area contributed by atoms with E-state index in [-0.39, 0.29) is 6.10 Å². The van der Waals surface area contributed by atoms with Crippen LogP contribution in [-0.4, -0.2) is 54.3 Å². The highest BCUT2D eigenvalue weighted by Crippen LogP contribution is 2.25. The van der Waals surface area contributed by atoms with Crippen molar-refractivity contribution in [3.63, 3.8) is 0 Å². The number of rotatable bonds is 5. The van der Waals surface area contributed by atoms with Crippen molar-refractivity contribution < 1.29 is 5.11 Å². The van der Waals surface area contributed by atoms with Gasteiger partial charge in [0, 0.05) is 25.0 Å². The Labute approximate surface area is 116 Å². The van der Waals surface area contributed by atoms with Gasteiger partial charge in [-0.1, -0.05) is 13.3 Å². The summed E-state index contributed by atoms with van der Waals surface area (Å²) in [6.45, 7) is 6.06. The monoisotopic (exact) mass is 268 g/mol. The summed E-state index contributed by atoms with van der Waals surface area (Å²) in [6, 6.07) is 0.593. The number of nitrogens with zero attached hydrogens (tertiary/aromatic N) is 2. The molecule has 2 aliphatic rings. The van der Waals surface area contributed by atoms with E-state index >= 15 is 0 Å². The van der Waals surface area contributed by atoms with Gasteiger partial charge in [0.1, 0.15) is 0 Å². The van der Waals surface area contributed by atoms with Crippen molar-refractivity contribution in [3.8, 4) is 0 Å². The molecule has 4 N–H and O–H groups in total. The number of guanidine groups is 1. The molecule has 2 rings (SSSR count). The molecule has 110 valence electrons. The fourth-order valence-electron chi connectivity index (χ4n) is 3.27. The SMILES string of the molecule is CCN1CCCC1CNC(N)=NCC1CCCC1O. The Bertz CT molecular complexity index is 308. The second-order valence-electron chi connectivity index (χ2n) is 5.79. The highest BCUT2D eigenvalue weighted by Gasteiger charge is 2.25. The van der Waals surface area contributed by atoms with E-state index in [1.807, 2.05) is 0 Å². The first-order chi connectivity index (χ1) is 9.20. The lowest BCUT2D eigenvalue weighted by Gasteiger charge is -2.23. The summed E-state index contributed by atoms with van der Waals surface area (Å²) >= 11 is 0. The molecule has 0 bridgehead atoms. The Morgan fingerprint density at radius 2 is 2.21 bits per heavy atom. The van der Waals surface area contributed by atoms with Crippen molar-refractivity contribution in [2.45, 2.75) is 51.2 Å². The van der Waals surface area contributed by atoms with Crippen LogP contribution in [-0.2, 0) is 0 Å². The van der Waals surface area contributed by atoms with Crippen molar-refractivity contribution in [2.24, 2.45) is 16.6 Å². The van der Waals surface area contributed by atoms with E-state index in [0.29, 0.717) is 24.5 Å². The fourth-order valence-corrected chi connectivity index (χ4v) is 3.27. The van der Waals surface area contributed by atoms with Gasteiger partial charge in [0.2, 0.25) is 0 Å². The Hall–Kier alpha value is -0.810. The zero-order valence-electron chi connectivity index (χ0n) is 12.0. The topological polar surface area (TPSA) is 73.9 Å². The van der Waals surface area contributed by atoms with Crippen LogP contribution in [0.15, 0.2) is 4.99 Å². The maximum atomic E-state index is 9.73. The van der Waals surface area contributed by atoms with Crippen molar-refractivity contribution >= 4 is 5.96 Å². The zero-order valence-corrected chi connectivity index (χ0v) is 12.0. The molecule has 2 fully saturated rings. The fraction of sp³-hybridized carbons (Fsp3) is 0.929. The van der Waals surface area contributed by atoms with Gasteiger partial charge in [-0.3, -0.25) is 9.89 Å². The Balaban J connectivity index is 1.70. The van der Waals surface area contributed by atoms with Crippen LogP contribution in [0.3, 0.4) is 0 Å². The number of likely N-dealkylation sites (N-methyl/N-ethyl adjacent to an activating group) is 1. The summed E-state index contributed by atoms with van der Waals surface area (Å²) in [5, 5.41) is 13.0. The molecule has 0 aromatic carbocycles. The summed E-state index contributed by atoms with van der Waals surface area (Å²) < 4.78 is 0. The summed E-state index contributed by atoms with van der Waals surface area (Å²) in [4.78, 5) is 6.86. The van der Waals surface area contributed by atoms with Crippen LogP contribution < -0.4 is 11.1 Å². The van der Waals surface area contributed by atoms with Gasteiger partial charge in [-0.2, -0.15) is 0 Å². The molecular weight excluding hydrogens is 240 g/mol. The lowest BCUT2D eigenvalue weighted by atomic mass is 10.1.